The molecule has 3 rings (SSSR count). The highest BCUT2D eigenvalue weighted by molar-refractivity contribution is 5.95. The lowest BCUT2D eigenvalue weighted by Crippen LogP contribution is -2.49. The van der Waals surface area contributed by atoms with E-state index in [1.54, 1.807) is 0 Å². The van der Waals surface area contributed by atoms with Crippen LogP contribution >= 0.6 is 0 Å². The van der Waals surface area contributed by atoms with Gasteiger partial charge in [0.15, 0.2) is 0 Å². The zero-order valence-corrected chi connectivity index (χ0v) is 13.6. The molecule has 1 heterocycles. The number of benzene rings is 2. The third-order valence-corrected chi connectivity index (χ3v) is 4.16. The van der Waals surface area contributed by atoms with Crippen molar-refractivity contribution in [2.75, 3.05) is 11.9 Å². The first-order valence-corrected chi connectivity index (χ1v) is 8.06. The standard InChI is InChI=1S/C19H21N3O2/c1-13-6-8-16(9-7-13)22-18(23)12-21-19(24)17-10-14-4-2-3-5-15(14)11-20-17/h2-9,17,20H,10-12H2,1H3,(H,21,24)(H,22,23)/t17-/m0/s1. The lowest BCUT2D eigenvalue weighted by atomic mass is 9.95. The minimum absolute atomic E-state index is 0.0352. The molecule has 0 aromatic heterocycles. The summed E-state index contributed by atoms with van der Waals surface area (Å²) in [6, 6.07) is 15.3. The minimum atomic E-state index is -0.299. The fourth-order valence-corrected chi connectivity index (χ4v) is 2.77. The molecule has 3 N–H and O–H groups in total. The molecule has 0 fully saturated rings. The van der Waals surface area contributed by atoms with Gasteiger partial charge in [-0.15, -0.1) is 0 Å². The summed E-state index contributed by atoms with van der Waals surface area (Å²) in [6.07, 6.45) is 0.640. The van der Waals surface area contributed by atoms with Gasteiger partial charge in [0.05, 0.1) is 12.6 Å². The molecule has 1 atom stereocenters. The molecule has 2 aromatic rings. The first-order chi connectivity index (χ1) is 11.6. The van der Waals surface area contributed by atoms with E-state index < -0.39 is 0 Å². The van der Waals surface area contributed by atoms with Gasteiger partial charge in [0.25, 0.3) is 0 Å². The van der Waals surface area contributed by atoms with Gasteiger partial charge in [0.1, 0.15) is 0 Å². The van der Waals surface area contributed by atoms with E-state index in [1.165, 1.54) is 11.1 Å². The van der Waals surface area contributed by atoms with Crippen LogP contribution < -0.4 is 16.0 Å². The van der Waals surface area contributed by atoms with Crippen LogP contribution in [0.5, 0.6) is 0 Å². The molecule has 24 heavy (non-hydrogen) atoms. The molecule has 0 radical (unpaired) electrons. The van der Waals surface area contributed by atoms with Crippen LogP contribution in [-0.4, -0.2) is 24.4 Å². The fraction of sp³-hybridized carbons (Fsp3) is 0.263. The first kappa shape index (κ1) is 16.2. The van der Waals surface area contributed by atoms with Crippen molar-refractivity contribution in [3.05, 3.63) is 65.2 Å². The van der Waals surface area contributed by atoms with E-state index in [0.717, 1.165) is 11.3 Å². The Morgan fingerprint density at radius 2 is 1.79 bits per heavy atom. The monoisotopic (exact) mass is 323 g/mol. The van der Waals surface area contributed by atoms with Crippen molar-refractivity contribution in [2.45, 2.75) is 25.9 Å². The largest absolute Gasteiger partial charge is 0.346 e. The van der Waals surface area contributed by atoms with Crippen molar-refractivity contribution in [1.29, 1.82) is 0 Å². The normalized spacial score (nSPS) is 16.1. The molecule has 124 valence electrons. The van der Waals surface area contributed by atoms with Crippen LogP contribution in [0.1, 0.15) is 16.7 Å². The summed E-state index contributed by atoms with van der Waals surface area (Å²) in [5.41, 5.74) is 4.26. The van der Waals surface area contributed by atoms with Crippen molar-refractivity contribution >= 4 is 17.5 Å². The molecule has 0 bridgehead atoms. The first-order valence-electron chi connectivity index (χ1n) is 8.06. The van der Waals surface area contributed by atoms with Crippen molar-refractivity contribution < 1.29 is 9.59 Å². The van der Waals surface area contributed by atoms with E-state index in [2.05, 4.69) is 22.0 Å². The third-order valence-electron chi connectivity index (χ3n) is 4.16. The minimum Gasteiger partial charge on any atom is -0.346 e. The van der Waals surface area contributed by atoms with E-state index >= 15 is 0 Å². The zero-order chi connectivity index (χ0) is 16.9. The van der Waals surface area contributed by atoms with Gasteiger partial charge in [-0.1, -0.05) is 42.0 Å². The highest BCUT2D eigenvalue weighted by atomic mass is 16.2. The molecule has 5 nitrogen and oxygen atoms in total. The molecule has 0 unspecified atom stereocenters. The average Bonchev–Trinajstić information content (AvgIpc) is 2.61. The predicted molar refractivity (Wildman–Crippen MR) is 93.6 cm³/mol. The van der Waals surface area contributed by atoms with Crippen LogP contribution in [0.3, 0.4) is 0 Å². The molecule has 0 spiro atoms. The maximum Gasteiger partial charge on any atom is 0.243 e. The van der Waals surface area contributed by atoms with Crippen LogP contribution in [0.2, 0.25) is 0 Å². The summed E-state index contributed by atoms with van der Waals surface area (Å²) in [5, 5.41) is 8.68. The van der Waals surface area contributed by atoms with Crippen molar-refractivity contribution in [3.8, 4) is 0 Å². The fourth-order valence-electron chi connectivity index (χ4n) is 2.77. The van der Waals surface area contributed by atoms with Gasteiger partial charge in [0.2, 0.25) is 11.8 Å². The molecule has 2 aromatic carbocycles. The number of nitrogens with one attached hydrogen (secondary N) is 3. The van der Waals surface area contributed by atoms with Crippen LogP contribution in [-0.2, 0) is 22.6 Å². The topological polar surface area (TPSA) is 70.2 Å². The molecule has 2 amide bonds. The Morgan fingerprint density at radius 3 is 2.54 bits per heavy atom. The smallest absolute Gasteiger partial charge is 0.243 e. The summed E-state index contributed by atoms with van der Waals surface area (Å²) in [6.45, 7) is 2.62. The van der Waals surface area contributed by atoms with E-state index in [-0.39, 0.29) is 24.4 Å². The van der Waals surface area contributed by atoms with Crippen LogP contribution in [0.4, 0.5) is 5.69 Å². The maximum atomic E-state index is 12.3. The Labute approximate surface area is 141 Å². The van der Waals surface area contributed by atoms with Gasteiger partial charge in [-0.2, -0.15) is 0 Å². The average molecular weight is 323 g/mol. The second-order valence-corrected chi connectivity index (χ2v) is 6.04. The lowest BCUT2D eigenvalue weighted by Gasteiger charge is -2.25. The summed E-state index contributed by atoms with van der Waals surface area (Å²) in [7, 11) is 0. The molecular weight excluding hydrogens is 302 g/mol. The van der Waals surface area contributed by atoms with Gasteiger partial charge in [-0.3, -0.25) is 9.59 Å². The number of fused-ring (bicyclic) bond motifs is 1. The Hall–Kier alpha value is -2.66. The van der Waals surface area contributed by atoms with Crippen molar-refractivity contribution in [1.82, 2.24) is 10.6 Å². The molecule has 0 saturated carbocycles. The highest BCUT2D eigenvalue weighted by Gasteiger charge is 2.23. The van der Waals surface area contributed by atoms with Crippen molar-refractivity contribution in [3.63, 3.8) is 0 Å². The highest BCUT2D eigenvalue weighted by Crippen LogP contribution is 2.16. The third kappa shape index (κ3) is 4.00. The van der Waals surface area contributed by atoms with Gasteiger partial charge in [-0.25, -0.2) is 0 Å². The number of aryl methyl sites for hydroxylation is 1. The van der Waals surface area contributed by atoms with Crippen molar-refractivity contribution in [2.24, 2.45) is 0 Å². The van der Waals surface area contributed by atoms with Gasteiger partial charge in [-0.05, 0) is 36.6 Å². The van der Waals surface area contributed by atoms with E-state index in [9.17, 15) is 9.59 Å². The second-order valence-electron chi connectivity index (χ2n) is 6.04. The van der Waals surface area contributed by atoms with E-state index in [0.29, 0.717) is 13.0 Å². The Balaban J connectivity index is 1.49. The van der Waals surface area contributed by atoms with Crippen LogP contribution in [0, 0.1) is 6.92 Å². The predicted octanol–water partition coefficient (Wildman–Crippen LogP) is 1.76. The molecule has 1 aliphatic heterocycles. The summed E-state index contributed by atoms with van der Waals surface area (Å²) < 4.78 is 0. The number of carbonyl (C=O) groups is 2. The summed E-state index contributed by atoms with van der Waals surface area (Å²) in [5.74, 6) is -0.382. The summed E-state index contributed by atoms with van der Waals surface area (Å²) in [4.78, 5) is 24.2. The van der Waals surface area contributed by atoms with Crippen LogP contribution in [0.25, 0.3) is 0 Å². The molecule has 5 heteroatoms. The molecule has 0 aliphatic carbocycles. The Kier molecular flexibility index (Phi) is 4.91. The van der Waals surface area contributed by atoms with Crippen LogP contribution in [0.15, 0.2) is 48.5 Å². The molecule has 1 aliphatic rings. The SMILES string of the molecule is Cc1ccc(NC(=O)CNC(=O)[C@@H]2Cc3ccccc3CN2)cc1. The number of rotatable bonds is 4. The second kappa shape index (κ2) is 7.27. The maximum absolute atomic E-state index is 12.3. The number of anilines is 1. The van der Waals surface area contributed by atoms with E-state index in [4.69, 9.17) is 0 Å². The zero-order valence-electron chi connectivity index (χ0n) is 13.6. The number of hydrogen-bond acceptors (Lipinski definition) is 3. The van der Waals surface area contributed by atoms with E-state index in [1.807, 2.05) is 49.4 Å². The quantitative estimate of drug-likeness (QED) is 0.803. The Morgan fingerprint density at radius 1 is 1.08 bits per heavy atom. The number of amides is 2. The lowest BCUT2D eigenvalue weighted by molar-refractivity contribution is -0.125. The number of hydrogen-bond donors (Lipinski definition) is 3. The Bertz CT molecular complexity index is 741. The summed E-state index contributed by atoms with van der Waals surface area (Å²) >= 11 is 0. The van der Waals surface area contributed by atoms with Gasteiger partial charge >= 0.3 is 0 Å². The van der Waals surface area contributed by atoms with Gasteiger partial charge < -0.3 is 16.0 Å². The molecular formula is C19H21N3O2. The molecule has 0 saturated heterocycles. The van der Waals surface area contributed by atoms with Gasteiger partial charge in [0, 0.05) is 12.2 Å². The number of carbonyl (C=O) groups excluding carboxylic acids is 2.